The van der Waals surface area contributed by atoms with Crippen LogP contribution in [-0.2, 0) is 0 Å². The second-order valence-corrected chi connectivity index (χ2v) is 15.5. The fourth-order valence-electron chi connectivity index (χ4n) is 8.83. The zero-order valence-electron chi connectivity index (χ0n) is 34.6. The van der Waals surface area contributed by atoms with Crippen molar-refractivity contribution in [3.05, 3.63) is 249 Å². The first-order valence-corrected chi connectivity index (χ1v) is 21.2. The van der Waals surface area contributed by atoms with Crippen molar-refractivity contribution in [2.24, 2.45) is 0 Å². The summed E-state index contributed by atoms with van der Waals surface area (Å²) in [5, 5.41) is 0. The maximum atomic E-state index is 5.49. The number of methoxy groups -OCH3 is 1. The molecule has 0 amide bonds. The maximum absolute atomic E-state index is 5.49. The number of hydrogen-bond acceptors (Lipinski definition) is 1. The molecule has 0 fully saturated rings. The molecule has 1 nitrogen and oxygen atoms in total. The summed E-state index contributed by atoms with van der Waals surface area (Å²) in [5.41, 5.74) is 21.1. The van der Waals surface area contributed by atoms with Crippen molar-refractivity contribution in [1.29, 1.82) is 0 Å². The number of rotatable bonds is 10. The van der Waals surface area contributed by atoms with E-state index in [0.29, 0.717) is 0 Å². The lowest BCUT2D eigenvalue weighted by atomic mass is 9.74. The van der Waals surface area contributed by atoms with Gasteiger partial charge in [0, 0.05) is 0 Å². The second-order valence-electron chi connectivity index (χ2n) is 15.5. The minimum Gasteiger partial charge on any atom is -0.497 e. The lowest BCUT2D eigenvalue weighted by molar-refractivity contribution is 0.415. The molecule has 62 heavy (non-hydrogen) atoms. The molecule has 0 aromatic heterocycles. The maximum Gasteiger partial charge on any atom is 0.118 e. The first-order chi connectivity index (χ1) is 30.7. The van der Waals surface area contributed by atoms with Crippen molar-refractivity contribution in [1.82, 2.24) is 0 Å². The van der Waals surface area contributed by atoms with Crippen LogP contribution < -0.4 is 4.74 Å². The average Bonchev–Trinajstić information content (AvgIpc) is 3.37. The Hall–Kier alpha value is -8.00. The summed E-state index contributed by atoms with van der Waals surface area (Å²) in [6, 6.07) is 90.0. The minimum absolute atomic E-state index is 0.845. The molecule has 1 heteroatoms. The molecule has 0 aliphatic rings. The third-order valence-electron chi connectivity index (χ3n) is 11.8. The highest BCUT2D eigenvalue weighted by atomic mass is 16.5. The van der Waals surface area contributed by atoms with E-state index < -0.39 is 0 Å². The summed E-state index contributed by atoms with van der Waals surface area (Å²) < 4.78 is 5.49. The molecular formula is C61H44O. The van der Waals surface area contributed by atoms with Gasteiger partial charge in [-0.25, -0.2) is 0 Å². The van der Waals surface area contributed by atoms with Crippen molar-refractivity contribution in [2.75, 3.05) is 7.11 Å². The zero-order valence-corrected chi connectivity index (χ0v) is 34.6. The molecule has 0 aliphatic carbocycles. The van der Waals surface area contributed by atoms with E-state index in [9.17, 15) is 0 Å². The quantitative estimate of drug-likeness (QED) is 0.134. The van der Waals surface area contributed by atoms with Gasteiger partial charge in [-0.2, -0.15) is 0 Å². The normalized spacial score (nSPS) is 11.0. The lowest BCUT2D eigenvalue weighted by Crippen LogP contribution is -2.02. The summed E-state index contributed by atoms with van der Waals surface area (Å²) in [6.45, 7) is 0. The molecule has 0 unspecified atom stereocenters. The van der Waals surface area contributed by atoms with Crippen LogP contribution in [0.5, 0.6) is 5.75 Å². The van der Waals surface area contributed by atoms with Gasteiger partial charge in [-0.05, 0) is 112 Å². The van der Waals surface area contributed by atoms with Crippen molar-refractivity contribution in [2.45, 2.75) is 0 Å². The lowest BCUT2D eigenvalue weighted by Gasteiger charge is -2.29. The van der Waals surface area contributed by atoms with Crippen LogP contribution in [0.3, 0.4) is 0 Å². The molecule has 0 radical (unpaired) electrons. The number of hydrogen-bond donors (Lipinski definition) is 0. The Morgan fingerprint density at radius 3 is 0.565 bits per heavy atom. The van der Waals surface area contributed by atoms with Crippen LogP contribution in [0.2, 0.25) is 0 Å². The first-order valence-electron chi connectivity index (χ1n) is 21.2. The summed E-state index contributed by atoms with van der Waals surface area (Å²) >= 11 is 0. The molecule has 0 aliphatic heterocycles. The molecule has 10 rings (SSSR count). The van der Waals surface area contributed by atoms with E-state index in [4.69, 9.17) is 4.74 Å². The van der Waals surface area contributed by atoms with Crippen LogP contribution in [0.15, 0.2) is 249 Å². The topological polar surface area (TPSA) is 9.23 Å². The molecule has 0 spiro atoms. The Balaban J connectivity index is 1.35. The highest BCUT2D eigenvalue weighted by molar-refractivity contribution is 6.15. The third-order valence-corrected chi connectivity index (χ3v) is 11.8. The highest BCUT2D eigenvalue weighted by Crippen LogP contribution is 2.56. The van der Waals surface area contributed by atoms with Gasteiger partial charge < -0.3 is 4.74 Å². The van der Waals surface area contributed by atoms with E-state index in [-0.39, 0.29) is 0 Å². The van der Waals surface area contributed by atoms with E-state index in [0.717, 1.165) is 50.3 Å². The first kappa shape index (κ1) is 38.2. The highest BCUT2D eigenvalue weighted by Gasteiger charge is 2.29. The molecule has 10 aromatic carbocycles. The molecule has 0 atom stereocenters. The van der Waals surface area contributed by atoms with E-state index in [1.807, 2.05) is 12.1 Å². The Bertz CT molecular complexity index is 2900. The molecule has 0 saturated carbocycles. The standard InChI is InChI=1S/C61H44O/c1-62-55-41-39-48(40-42-55)47-31-37-54(38-32-47)61-57(50-23-13-5-14-24-50)59(52-33-27-45(28-34-52)43-17-7-2-8-18-43)56(49-21-11-4-12-22-49)60(58(61)51-25-15-6-16-26-51)53-35-29-46(30-36-53)44-19-9-3-10-20-44/h2-42H,1H3. The largest absolute Gasteiger partial charge is 0.497 e. The molecular weight excluding hydrogens is 749 g/mol. The summed E-state index contributed by atoms with van der Waals surface area (Å²) in [5.74, 6) is 0.845. The summed E-state index contributed by atoms with van der Waals surface area (Å²) in [7, 11) is 1.71. The monoisotopic (exact) mass is 792 g/mol. The van der Waals surface area contributed by atoms with Crippen molar-refractivity contribution in [3.8, 4) is 106 Å². The minimum atomic E-state index is 0.845. The smallest absolute Gasteiger partial charge is 0.118 e. The summed E-state index contributed by atoms with van der Waals surface area (Å²) in [4.78, 5) is 0. The fourth-order valence-corrected chi connectivity index (χ4v) is 8.83. The number of ether oxygens (including phenoxy) is 1. The predicted molar refractivity (Wildman–Crippen MR) is 262 cm³/mol. The van der Waals surface area contributed by atoms with Gasteiger partial charge in [0.05, 0.1) is 7.11 Å². The molecule has 0 bridgehead atoms. The van der Waals surface area contributed by atoms with Crippen LogP contribution >= 0.6 is 0 Å². The van der Waals surface area contributed by atoms with Gasteiger partial charge in [0.15, 0.2) is 0 Å². The van der Waals surface area contributed by atoms with Crippen LogP contribution in [0.4, 0.5) is 0 Å². The molecule has 294 valence electrons. The van der Waals surface area contributed by atoms with Gasteiger partial charge in [-0.15, -0.1) is 0 Å². The Morgan fingerprint density at radius 1 is 0.177 bits per heavy atom. The van der Waals surface area contributed by atoms with Gasteiger partial charge in [0.2, 0.25) is 0 Å². The Morgan fingerprint density at radius 2 is 0.339 bits per heavy atom. The Kier molecular flexibility index (Phi) is 10.7. The SMILES string of the molecule is COc1ccc(-c2ccc(-c3c(-c4ccccc4)c(-c4ccc(-c5ccccc5)cc4)c(-c4ccccc4)c(-c4ccc(-c5ccccc5)cc4)c3-c3ccccc3)cc2)cc1. The van der Waals surface area contributed by atoms with Crippen molar-refractivity contribution < 1.29 is 4.74 Å². The average molecular weight is 793 g/mol. The predicted octanol–water partition coefficient (Wildman–Crippen LogP) is 16.7. The van der Waals surface area contributed by atoms with Gasteiger partial charge >= 0.3 is 0 Å². The van der Waals surface area contributed by atoms with Gasteiger partial charge in [0.1, 0.15) is 5.75 Å². The molecule has 10 aromatic rings. The van der Waals surface area contributed by atoms with Crippen LogP contribution in [-0.4, -0.2) is 7.11 Å². The fraction of sp³-hybridized carbons (Fsp3) is 0.0164. The Labute approximate surface area is 364 Å². The van der Waals surface area contributed by atoms with Crippen LogP contribution in [0.1, 0.15) is 0 Å². The number of benzene rings is 10. The van der Waals surface area contributed by atoms with Gasteiger partial charge in [-0.1, -0.05) is 237 Å². The molecule has 0 saturated heterocycles. The zero-order chi connectivity index (χ0) is 41.7. The van der Waals surface area contributed by atoms with Crippen LogP contribution in [0.25, 0.3) is 100 Å². The van der Waals surface area contributed by atoms with Gasteiger partial charge in [-0.3, -0.25) is 0 Å². The summed E-state index contributed by atoms with van der Waals surface area (Å²) in [6.07, 6.45) is 0. The van der Waals surface area contributed by atoms with E-state index in [2.05, 4.69) is 237 Å². The van der Waals surface area contributed by atoms with Crippen molar-refractivity contribution in [3.63, 3.8) is 0 Å². The second kappa shape index (κ2) is 17.3. The third kappa shape index (κ3) is 7.53. The van der Waals surface area contributed by atoms with E-state index in [1.54, 1.807) is 7.11 Å². The van der Waals surface area contributed by atoms with Gasteiger partial charge in [0.25, 0.3) is 0 Å². The van der Waals surface area contributed by atoms with E-state index in [1.165, 1.54) is 55.6 Å². The van der Waals surface area contributed by atoms with Crippen molar-refractivity contribution >= 4 is 0 Å². The van der Waals surface area contributed by atoms with E-state index >= 15 is 0 Å². The molecule has 0 N–H and O–H groups in total. The van der Waals surface area contributed by atoms with Crippen LogP contribution in [0, 0.1) is 0 Å². The molecule has 0 heterocycles.